The molecule has 0 amide bonds. The molecule has 4 N–H and O–H groups in total. The Labute approximate surface area is 99.7 Å². The third-order valence-electron chi connectivity index (χ3n) is 1.87. The van der Waals surface area contributed by atoms with E-state index in [9.17, 15) is 16.8 Å². The van der Waals surface area contributed by atoms with Crippen LogP contribution in [-0.2, 0) is 20.0 Å². The van der Waals surface area contributed by atoms with E-state index in [2.05, 4.69) is 14.7 Å². The molecular weight excluding hydrogens is 268 g/mol. The number of aromatic nitrogens is 2. The minimum absolute atomic E-state index is 0.00314. The summed E-state index contributed by atoms with van der Waals surface area (Å²) in [6.45, 7) is 1.62. The van der Waals surface area contributed by atoms with Crippen molar-refractivity contribution in [2.75, 3.05) is 12.3 Å². The number of nitrogens with zero attached hydrogens (tertiary/aromatic N) is 1. The minimum Gasteiger partial charge on any atom is -0.332 e. The lowest BCUT2D eigenvalue weighted by molar-refractivity contribution is 0.574. The van der Waals surface area contributed by atoms with Gasteiger partial charge in [-0.15, -0.1) is 0 Å². The van der Waals surface area contributed by atoms with Gasteiger partial charge in [0.2, 0.25) is 10.0 Å². The molecule has 0 fully saturated rings. The monoisotopic (exact) mass is 282 g/mol. The molecule has 0 aromatic carbocycles. The van der Waals surface area contributed by atoms with E-state index in [1.165, 1.54) is 6.20 Å². The second-order valence-electron chi connectivity index (χ2n) is 3.45. The minimum atomic E-state index is -3.66. The normalized spacial score (nSPS) is 12.8. The number of imidazole rings is 1. The van der Waals surface area contributed by atoms with E-state index in [-0.39, 0.29) is 23.7 Å². The number of H-pyrrole nitrogens is 1. The molecule has 1 heterocycles. The molecule has 1 aromatic heterocycles. The van der Waals surface area contributed by atoms with Gasteiger partial charge in [0.05, 0.1) is 11.9 Å². The van der Waals surface area contributed by atoms with Gasteiger partial charge in [0.1, 0.15) is 5.82 Å². The van der Waals surface area contributed by atoms with Crippen LogP contribution in [0.4, 0.5) is 0 Å². The maximum Gasteiger partial charge on any atom is 0.257 e. The van der Waals surface area contributed by atoms with E-state index in [0.29, 0.717) is 5.82 Å². The third-order valence-corrected chi connectivity index (χ3v) is 4.10. The topological polar surface area (TPSA) is 135 Å². The molecule has 0 atom stereocenters. The number of rotatable bonds is 6. The van der Waals surface area contributed by atoms with Crippen molar-refractivity contribution in [3.8, 4) is 0 Å². The summed E-state index contributed by atoms with van der Waals surface area (Å²) in [5.74, 6) is 0.215. The highest BCUT2D eigenvalue weighted by Gasteiger charge is 2.15. The quantitative estimate of drug-likeness (QED) is 0.556. The fraction of sp³-hybridized carbons (Fsp3) is 0.571. The molecule has 1 aromatic rings. The zero-order chi connectivity index (χ0) is 13.1. The Hall–Kier alpha value is -0.970. The summed E-state index contributed by atoms with van der Waals surface area (Å²) in [6.07, 6.45) is 1.31. The van der Waals surface area contributed by atoms with Gasteiger partial charge in [-0.25, -0.2) is 31.7 Å². The number of hydrogen-bond acceptors (Lipinski definition) is 5. The summed E-state index contributed by atoms with van der Waals surface area (Å²) in [6, 6.07) is 0. The van der Waals surface area contributed by atoms with Crippen LogP contribution < -0.4 is 9.86 Å². The van der Waals surface area contributed by atoms with Crippen LogP contribution in [0.5, 0.6) is 0 Å². The van der Waals surface area contributed by atoms with Crippen LogP contribution in [0.1, 0.15) is 12.2 Å². The van der Waals surface area contributed by atoms with Gasteiger partial charge >= 0.3 is 0 Å². The first-order valence-corrected chi connectivity index (χ1v) is 7.92. The van der Waals surface area contributed by atoms with E-state index in [0.717, 1.165) is 0 Å². The first-order chi connectivity index (χ1) is 7.71. The molecule has 8 nitrogen and oxygen atoms in total. The molecule has 0 radical (unpaired) electrons. The predicted octanol–water partition coefficient (Wildman–Crippen LogP) is -1.32. The Morgan fingerprint density at radius 3 is 2.53 bits per heavy atom. The number of aryl methyl sites for hydroxylation is 1. The number of primary sulfonamides is 1. The lowest BCUT2D eigenvalue weighted by Gasteiger charge is -2.03. The summed E-state index contributed by atoms with van der Waals surface area (Å²) in [5.41, 5.74) is 0. The highest BCUT2D eigenvalue weighted by Crippen LogP contribution is 2.04. The second-order valence-corrected chi connectivity index (χ2v) is 6.92. The highest BCUT2D eigenvalue weighted by atomic mass is 32.2. The zero-order valence-electron chi connectivity index (χ0n) is 9.17. The fourth-order valence-corrected chi connectivity index (χ4v) is 2.68. The standard InChI is InChI=1S/C7H14N4O4S2/c1-6-9-5-7(11-6)17(14,15)10-3-2-4-16(8,12)13/h5,10H,2-4H2,1H3,(H,9,11)(H2,8,12,13). The number of nitrogens with two attached hydrogens (primary N) is 1. The van der Waals surface area contributed by atoms with Crippen LogP contribution in [0.2, 0.25) is 0 Å². The van der Waals surface area contributed by atoms with Gasteiger partial charge in [-0.1, -0.05) is 0 Å². The van der Waals surface area contributed by atoms with Crippen LogP contribution >= 0.6 is 0 Å². The lowest BCUT2D eigenvalue weighted by Crippen LogP contribution is -2.27. The molecule has 0 saturated carbocycles. The first kappa shape index (κ1) is 14.1. The van der Waals surface area contributed by atoms with E-state index < -0.39 is 20.0 Å². The molecule has 0 aliphatic heterocycles. The smallest absolute Gasteiger partial charge is 0.257 e. The zero-order valence-corrected chi connectivity index (χ0v) is 10.8. The van der Waals surface area contributed by atoms with Crippen LogP contribution in [0.15, 0.2) is 11.2 Å². The number of hydrogen-bond donors (Lipinski definition) is 3. The third kappa shape index (κ3) is 4.81. The Morgan fingerprint density at radius 1 is 1.41 bits per heavy atom. The van der Waals surface area contributed by atoms with Crippen molar-refractivity contribution in [3.63, 3.8) is 0 Å². The van der Waals surface area contributed by atoms with Gasteiger partial charge in [-0.05, 0) is 13.3 Å². The average Bonchev–Trinajstić information content (AvgIpc) is 2.59. The van der Waals surface area contributed by atoms with Gasteiger partial charge in [0, 0.05) is 6.54 Å². The van der Waals surface area contributed by atoms with Crippen molar-refractivity contribution in [2.24, 2.45) is 5.14 Å². The maximum atomic E-state index is 11.6. The van der Waals surface area contributed by atoms with Crippen LogP contribution in [0.3, 0.4) is 0 Å². The van der Waals surface area contributed by atoms with Crippen molar-refractivity contribution in [1.82, 2.24) is 14.7 Å². The molecule has 0 saturated heterocycles. The first-order valence-electron chi connectivity index (χ1n) is 4.72. The van der Waals surface area contributed by atoms with Gasteiger partial charge in [-0.2, -0.15) is 0 Å². The Morgan fingerprint density at radius 2 is 2.06 bits per heavy atom. The van der Waals surface area contributed by atoms with E-state index in [4.69, 9.17) is 5.14 Å². The molecule has 17 heavy (non-hydrogen) atoms. The summed E-state index contributed by atoms with van der Waals surface area (Å²) < 4.78 is 46.7. The molecule has 0 aliphatic carbocycles. The second kappa shape index (κ2) is 5.12. The van der Waals surface area contributed by atoms with Crippen molar-refractivity contribution in [1.29, 1.82) is 0 Å². The van der Waals surface area contributed by atoms with E-state index in [1.54, 1.807) is 6.92 Å². The van der Waals surface area contributed by atoms with Crippen LogP contribution in [0.25, 0.3) is 0 Å². The van der Waals surface area contributed by atoms with Crippen molar-refractivity contribution < 1.29 is 16.8 Å². The summed E-state index contributed by atoms with van der Waals surface area (Å²) in [7, 11) is -7.22. The Balaban J connectivity index is 2.52. The largest absolute Gasteiger partial charge is 0.332 e. The van der Waals surface area contributed by atoms with Crippen molar-refractivity contribution in [3.05, 3.63) is 12.0 Å². The van der Waals surface area contributed by atoms with Crippen molar-refractivity contribution >= 4 is 20.0 Å². The highest BCUT2D eigenvalue weighted by molar-refractivity contribution is 7.89. The Kier molecular flexibility index (Phi) is 4.25. The van der Waals surface area contributed by atoms with Crippen molar-refractivity contribution in [2.45, 2.75) is 18.4 Å². The predicted molar refractivity (Wildman–Crippen MR) is 61.1 cm³/mol. The SMILES string of the molecule is Cc1ncc(S(=O)(=O)NCCCS(N)(=O)=O)[nH]1. The molecule has 0 spiro atoms. The molecular formula is C7H14N4O4S2. The molecule has 0 aliphatic rings. The van der Waals surface area contributed by atoms with Crippen LogP contribution in [0, 0.1) is 6.92 Å². The number of aromatic amines is 1. The number of nitrogens with one attached hydrogen (secondary N) is 2. The maximum absolute atomic E-state index is 11.6. The Bertz CT molecular complexity index is 575. The molecule has 10 heteroatoms. The fourth-order valence-electron chi connectivity index (χ4n) is 1.09. The summed E-state index contributed by atoms with van der Waals surface area (Å²) in [4.78, 5) is 6.33. The molecule has 98 valence electrons. The molecule has 1 rings (SSSR count). The number of sulfonamides is 2. The molecule has 0 unspecified atom stereocenters. The van der Waals surface area contributed by atoms with Gasteiger partial charge in [0.25, 0.3) is 10.0 Å². The van der Waals surface area contributed by atoms with E-state index in [1.807, 2.05) is 0 Å². The van der Waals surface area contributed by atoms with Gasteiger partial charge in [-0.3, -0.25) is 0 Å². The average molecular weight is 282 g/mol. The van der Waals surface area contributed by atoms with Gasteiger partial charge < -0.3 is 4.98 Å². The van der Waals surface area contributed by atoms with Gasteiger partial charge in [0.15, 0.2) is 5.03 Å². The lowest BCUT2D eigenvalue weighted by atomic mass is 10.5. The van der Waals surface area contributed by atoms with E-state index >= 15 is 0 Å². The summed E-state index contributed by atoms with van der Waals surface area (Å²) >= 11 is 0. The summed E-state index contributed by atoms with van der Waals surface area (Å²) in [5, 5.41) is 4.73. The van der Waals surface area contributed by atoms with Crippen LogP contribution in [-0.4, -0.2) is 39.1 Å². The molecule has 0 bridgehead atoms.